The smallest absolute Gasteiger partial charge is 0.274 e. The van der Waals surface area contributed by atoms with Crippen LogP contribution < -0.4 is 14.4 Å². The van der Waals surface area contributed by atoms with Crippen molar-refractivity contribution in [1.29, 1.82) is 0 Å². The van der Waals surface area contributed by atoms with E-state index in [1.807, 2.05) is 0 Å². The Morgan fingerprint density at radius 3 is 2.43 bits per heavy atom. The summed E-state index contributed by atoms with van der Waals surface area (Å²) >= 11 is 0.976. The van der Waals surface area contributed by atoms with Crippen molar-refractivity contribution in [3.8, 4) is 5.75 Å². The van der Waals surface area contributed by atoms with E-state index in [0.29, 0.717) is 0 Å². The van der Waals surface area contributed by atoms with E-state index in [2.05, 4.69) is 5.32 Å². The van der Waals surface area contributed by atoms with E-state index in [4.69, 9.17) is 9.47 Å². The van der Waals surface area contributed by atoms with Gasteiger partial charge in [0.1, 0.15) is 22.3 Å². The number of nitrogens with zero attached hydrogens (tertiary/aromatic N) is 2. The predicted molar refractivity (Wildman–Crippen MR) is 136 cm³/mol. The fourth-order valence-electron chi connectivity index (χ4n) is 3.64. The molecule has 1 aromatic heterocycles. The number of halogens is 1. The van der Waals surface area contributed by atoms with Crippen molar-refractivity contribution in [3.05, 3.63) is 65.8 Å². The molecule has 0 spiro atoms. The molecule has 1 fully saturated rings. The minimum atomic E-state index is -4.15. The molecule has 1 amide bonds. The third kappa shape index (κ3) is 5.93. The fourth-order valence-corrected chi connectivity index (χ4v) is 7.60. The molecule has 2 heterocycles. The topological polar surface area (TPSA) is 122 Å². The van der Waals surface area contributed by atoms with E-state index in [1.54, 1.807) is 11.4 Å². The Hall–Kier alpha value is -3.04. The van der Waals surface area contributed by atoms with Crippen molar-refractivity contribution in [2.45, 2.75) is 9.10 Å². The van der Waals surface area contributed by atoms with Gasteiger partial charge in [0.25, 0.3) is 10.0 Å². The number of morpholine rings is 1. The van der Waals surface area contributed by atoms with Crippen LogP contribution in [0.3, 0.4) is 0 Å². The second-order valence-electron chi connectivity index (χ2n) is 7.85. The van der Waals surface area contributed by atoms with Gasteiger partial charge in [-0.3, -0.25) is 9.10 Å². The van der Waals surface area contributed by atoms with Crippen LogP contribution in [0.5, 0.6) is 5.75 Å². The number of sulfonamides is 2. The Balaban J connectivity index is 1.63. The highest BCUT2D eigenvalue weighted by molar-refractivity contribution is 7.94. The normalized spacial score (nSPS) is 14.8. The van der Waals surface area contributed by atoms with E-state index in [0.717, 1.165) is 27.8 Å². The summed E-state index contributed by atoms with van der Waals surface area (Å²) < 4.78 is 78.9. The Kier molecular flexibility index (Phi) is 8.14. The highest BCUT2D eigenvalue weighted by atomic mass is 32.2. The van der Waals surface area contributed by atoms with Gasteiger partial charge >= 0.3 is 0 Å². The molecule has 0 aliphatic carbocycles. The molecule has 4 rings (SSSR count). The molecule has 1 aliphatic heterocycles. The van der Waals surface area contributed by atoms with Gasteiger partial charge in [0.2, 0.25) is 15.9 Å². The van der Waals surface area contributed by atoms with E-state index < -0.39 is 38.3 Å². The Morgan fingerprint density at radius 1 is 1.11 bits per heavy atom. The van der Waals surface area contributed by atoms with Gasteiger partial charge in [0, 0.05) is 13.1 Å². The van der Waals surface area contributed by atoms with Crippen LogP contribution >= 0.6 is 11.3 Å². The van der Waals surface area contributed by atoms with Crippen molar-refractivity contribution in [3.63, 3.8) is 0 Å². The fraction of sp³-hybridized carbons (Fsp3) is 0.261. The minimum absolute atomic E-state index is 0.000748. The second-order valence-corrected chi connectivity index (χ2v) is 12.8. The zero-order valence-electron chi connectivity index (χ0n) is 19.7. The Bertz CT molecular complexity index is 1460. The molecule has 14 heteroatoms. The van der Waals surface area contributed by atoms with E-state index in [1.165, 1.54) is 47.8 Å². The largest absolute Gasteiger partial charge is 0.495 e. The standard InChI is InChI=1S/C23H24FN3O7S3/c1-33-21-9-8-19(36(29,30)26-10-12-34-13-11-26)15-20(21)25-22(28)16-27(18-6-4-17(24)5-7-18)37(31,32)23-3-2-14-35-23/h2-9,14-15H,10-13,16H2,1H3,(H,25,28). The van der Waals surface area contributed by atoms with Gasteiger partial charge < -0.3 is 14.8 Å². The van der Waals surface area contributed by atoms with Crippen LogP contribution in [0.25, 0.3) is 0 Å². The Morgan fingerprint density at radius 2 is 1.81 bits per heavy atom. The van der Waals surface area contributed by atoms with Crippen LogP contribution in [-0.2, 0) is 29.6 Å². The number of amides is 1. The van der Waals surface area contributed by atoms with E-state index in [-0.39, 0.29) is 52.5 Å². The van der Waals surface area contributed by atoms with Crippen LogP contribution in [0.2, 0.25) is 0 Å². The number of benzene rings is 2. The van der Waals surface area contributed by atoms with Crippen molar-refractivity contribution in [2.24, 2.45) is 0 Å². The summed E-state index contributed by atoms with van der Waals surface area (Å²) in [4.78, 5) is 13.0. The number of hydrogen-bond donors (Lipinski definition) is 1. The molecule has 2 aromatic carbocycles. The van der Waals surface area contributed by atoms with Crippen molar-refractivity contribution >= 4 is 48.7 Å². The number of rotatable bonds is 9. The van der Waals surface area contributed by atoms with Crippen LogP contribution in [0.1, 0.15) is 0 Å². The number of ether oxygens (including phenoxy) is 2. The number of carbonyl (C=O) groups excluding carboxylic acids is 1. The summed E-state index contributed by atoms with van der Waals surface area (Å²) in [6, 6.07) is 11.7. The molecule has 0 unspecified atom stereocenters. The third-order valence-corrected chi connectivity index (χ3v) is 10.5. The van der Waals surface area contributed by atoms with Crippen LogP contribution in [-0.4, -0.2) is 67.0 Å². The maximum atomic E-state index is 13.5. The molecule has 0 bridgehead atoms. The molecule has 0 radical (unpaired) electrons. The summed E-state index contributed by atoms with van der Waals surface area (Å²) in [6.45, 7) is 0.288. The summed E-state index contributed by atoms with van der Waals surface area (Å²) in [6.07, 6.45) is 0. The lowest BCUT2D eigenvalue weighted by Gasteiger charge is -2.26. The molecule has 0 saturated carbocycles. The number of anilines is 2. The quantitative estimate of drug-likeness (QED) is 0.421. The number of nitrogens with one attached hydrogen (secondary N) is 1. The van der Waals surface area contributed by atoms with Crippen molar-refractivity contribution < 1.29 is 35.5 Å². The van der Waals surface area contributed by atoms with Gasteiger partial charge in [-0.2, -0.15) is 4.31 Å². The number of methoxy groups -OCH3 is 1. The Labute approximate surface area is 218 Å². The lowest BCUT2D eigenvalue weighted by molar-refractivity contribution is -0.114. The first-order valence-corrected chi connectivity index (χ1v) is 14.8. The molecule has 10 nitrogen and oxygen atoms in total. The first-order chi connectivity index (χ1) is 17.6. The average Bonchev–Trinajstić information content (AvgIpc) is 3.44. The lowest BCUT2D eigenvalue weighted by atomic mass is 10.3. The molecule has 198 valence electrons. The van der Waals surface area contributed by atoms with Crippen molar-refractivity contribution in [1.82, 2.24) is 4.31 Å². The molecule has 1 saturated heterocycles. The third-order valence-electron chi connectivity index (χ3n) is 5.49. The number of hydrogen-bond acceptors (Lipinski definition) is 8. The summed E-state index contributed by atoms with van der Waals surface area (Å²) in [5.74, 6) is -1.14. The molecular formula is C23H24FN3O7S3. The molecular weight excluding hydrogens is 545 g/mol. The summed E-state index contributed by atoms with van der Waals surface area (Å²) in [5.41, 5.74) is 0.134. The predicted octanol–water partition coefficient (Wildman–Crippen LogP) is 2.75. The van der Waals surface area contributed by atoms with E-state index in [9.17, 15) is 26.0 Å². The second kappa shape index (κ2) is 11.1. The zero-order chi connectivity index (χ0) is 26.6. The van der Waals surface area contributed by atoms with Gasteiger partial charge in [-0.25, -0.2) is 21.2 Å². The van der Waals surface area contributed by atoms with Gasteiger partial charge in [0.15, 0.2) is 0 Å². The first kappa shape index (κ1) is 27.0. The first-order valence-electron chi connectivity index (χ1n) is 11.0. The van der Waals surface area contributed by atoms with Crippen LogP contribution in [0.15, 0.2) is 69.1 Å². The summed E-state index contributed by atoms with van der Waals surface area (Å²) in [7, 11) is -6.66. The van der Waals surface area contributed by atoms with E-state index >= 15 is 0 Å². The zero-order valence-corrected chi connectivity index (χ0v) is 22.1. The average molecular weight is 570 g/mol. The van der Waals surface area contributed by atoms with Gasteiger partial charge in [0.05, 0.1) is 36.6 Å². The maximum Gasteiger partial charge on any atom is 0.274 e. The highest BCUT2D eigenvalue weighted by Crippen LogP contribution is 2.30. The number of carbonyl (C=O) groups is 1. The van der Waals surface area contributed by atoms with Gasteiger partial charge in [-0.05, 0) is 53.9 Å². The molecule has 0 atom stereocenters. The highest BCUT2D eigenvalue weighted by Gasteiger charge is 2.30. The van der Waals surface area contributed by atoms with Crippen molar-refractivity contribution in [2.75, 3.05) is 49.6 Å². The van der Waals surface area contributed by atoms with Gasteiger partial charge in [-0.15, -0.1) is 11.3 Å². The molecule has 3 aromatic rings. The monoisotopic (exact) mass is 569 g/mol. The maximum absolute atomic E-state index is 13.5. The van der Waals surface area contributed by atoms with Gasteiger partial charge in [-0.1, -0.05) is 6.07 Å². The SMILES string of the molecule is COc1ccc(S(=O)(=O)N2CCOCC2)cc1NC(=O)CN(c1ccc(F)cc1)S(=O)(=O)c1cccs1. The minimum Gasteiger partial charge on any atom is -0.495 e. The molecule has 1 aliphatic rings. The molecule has 1 N–H and O–H groups in total. The summed E-state index contributed by atoms with van der Waals surface area (Å²) in [5, 5.41) is 4.14. The molecule has 37 heavy (non-hydrogen) atoms. The lowest BCUT2D eigenvalue weighted by Crippen LogP contribution is -2.40. The van der Waals surface area contributed by atoms with Crippen LogP contribution in [0.4, 0.5) is 15.8 Å². The number of thiophene rings is 1. The van der Waals surface area contributed by atoms with Crippen LogP contribution in [0, 0.1) is 5.82 Å².